The summed E-state index contributed by atoms with van der Waals surface area (Å²) in [5.41, 5.74) is -0.553. The molecule has 5 nitrogen and oxygen atoms in total. The van der Waals surface area contributed by atoms with Crippen LogP contribution in [0, 0.1) is 6.92 Å². The molecule has 0 saturated carbocycles. The Kier molecular flexibility index (Phi) is 4.31. The van der Waals surface area contributed by atoms with E-state index >= 15 is 0 Å². The molecule has 1 fully saturated rings. The quantitative estimate of drug-likeness (QED) is 0.845. The number of morpholine rings is 1. The Morgan fingerprint density at radius 2 is 1.88 bits per heavy atom. The summed E-state index contributed by atoms with van der Waals surface area (Å²) < 4.78 is 46.8. The molecule has 0 N–H and O–H groups in total. The maximum absolute atomic E-state index is 13.6. The van der Waals surface area contributed by atoms with Gasteiger partial charge in [-0.05, 0) is 18.6 Å². The minimum Gasteiger partial charge on any atom is -0.378 e. The highest BCUT2D eigenvalue weighted by Gasteiger charge is 2.41. The van der Waals surface area contributed by atoms with E-state index in [4.69, 9.17) is 4.74 Å². The molecule has 0 bridgehead atoms. The van der Waals surface area contributed by atoms with Crippen molar-refractivity contribution in [1.82, 2.24) is 14.7 Å². The number of aryl methyl sites for hydroxylation is 1. The van der Waals surface area contributed by atoms with Crippen molar-refractivity contribution in [3.63, 3.8) is 0 Å². The zero-order chi connectivity index (χ0) is 17.3. The molecule has 1 aliphatic rings. The van der Waals surface area contributed by atoms with Crippen molar-refractivity contribution in [2.75, 3.05) is 26.3 Å². The number of benzene rings is 1. The van der Waals surface area contributed by atoms with E-state index in [2.05, 4.69) is 5.10 Å². The van der Waals surface area contributed by atoms with Crippen molar-refractivity contribution < 1.29 is 22.7 Å². The molecule has 1 aromatic carbocycles. The molecule has 2 aromatic rings. The highest BCUT2D eigenvalue weighted by molar-refractivity contribution is 5.95. The summed E-state index contributed by atoms with van der Waals surface area (Å²) in [6, 6.07) is 6.60. The van der Waals surface area contributed by atoms with E-state index in [0.29, 0.717) is 24.5 Å². The number of para-hydroxylation sites is 1. The van der Waals surface area contributed by atoms with Crippen LogP contribution in [0.1, 0.15) is 21.6 Å². The second kappa shape index (κ2) is 6.27. The minimum absolute atomic E-state index is 0.270. The van der Waals surface area contributed by atoms with Crippen LogP contribution in [0.4, 0.5) is 13.2 Å². The third kappa shape index (κ3) is 3.01. The van der Waals surface area contributed by atoms with Gasteiger partial charge in [0, 0.05) is 13.1 Å². The van der Waals surface area contributed by atoms with Gasteiger partial charge in [0.2, 0.25) is 0 Å². The van der Waals surface area contributed by atoms with Gasteiger partial charge in [0.05, 0.1) is 30.7 Å². The summed E-state index contributed by atoms with van der Waals surface area (Å²) in [7, 11) is 0. The van der Waals surface area contributed by atoms with E-state index in [1.54, 1.807) is 31.2 Å². The molecule has 0 aliphatic carbocycles. The van der Waals surface area contributed by atoms with Crippen LogP contribution in [0.3, 0.4) is 0 Å². The van der Waals surface area contributed by atoms with Crippen LogP contribution in [0.5, 0.6) is 0 Å². The van der Waals surface area contributed by atoms with Crippen LogP contribution in [0.2, 0.25) is 0 Å². The summed E-state index contributed by atoms with van der Waals surface area (Å²) in [4.78, 5) is 13.9. The molecule has 128 valence electrons. The number of alkyl halides is 3. The molecule has 1 saturated heterocycles. The number of aromatic nitrogens is 2. The van der Waals surface area contributed by atoms with Crippen LogP contribution in [-0.4, -0.2) is 46.9 Å². The Hall–Kier alpha value is -2.35. The highest BCUT2D eigenvalue weighted by atomic mass is 19.4. The van der Waals surface area contributed by atoms with Gasteiger partial charge in [-0.3, -0.25) is 4.79 Å². The Balaban J connectivity index is 2.08. The van der Waals surface area contributed by atoms with Gasteiger partial charge in [0.15, 0.2) is 5.69 Å². The number of hydrogen-bond donors (Lipinski definition) is 0. The molecule has 0 atom stereocenters. The van der Waals surface area contributed by atoms with Crippen LogP contribution in [0.15, 0.2) is 30.5 Å². The molecular weight excluding hydrogens is 323 g/mol. The predicted molar refractivity (Wildman–Crippen MR) is 80.0 cm³/mol. The number of carbonyl (C=O) groups excluding carboxylic acids is 1. The van der Waals surface area contributed by atoms with Gasteiger partial charge in [-0.1, -0.05) is 18.2 Å². The Labute approximate surface area is 136 Å². The molecule has 0 radical (unpaired) electrons. The van der Waals surface area contributed by atoms with Gasteiger partial charge < -0.3 is 9.64 Å². The number of hydrogen-bond acceptors (Lipinski definition) is 3. The Morgan fingerprint density at radius 1 is 1.21 bits per heavy atom. The average Bonchev–Trinajstić information content (AvgIpc) is 3.00. The maximum Gasteiger partial charge on any atom is 0.434 e. The summed E-state index contributed by atoms with van der Waals surface area (Å²) in [5.74, 6) is -0.676. The lowest BCUT2D eigenvalue weighted by Crippen LogP contribution is -2.41. The van der Waals surface area contributed by atoms with E-state index in [1.165, 1.54) is 4.90 Å². The van der Waals surface area contributed by atoms with Crippen LogP contribution < -0.4 is 0 Å². The van der Waals surface area contributed by atoms with Gasteiger partial charge in [-0.15, -0.1) is 0 Å². The first kappa shape index (κ1) is 16.5. The number of rotatable bonds is 2. The standard InChI is InChI=1S/C16H16F3N3O2/c1-11-4-2-3-5-13(11)22-14(16(17,18)19)12(10-20-22)15(23)21-6-8-24-9-7-21/h2-5,10H,6-9H2,1H3. The maximum atomic E-state index is 13.6. The zero-order valence-electron chi connectivity index (χ0n) is 13.0. The fraction of sp³-hybridized carbons (Fsp3) is 0.375. The number of ether oxygens (including phenoxy) is 1. The van der Waals surface area contributed by atoms with Crippen molar-refractivity contribution in [3.05, 3.63) is 47.3 Å². The van der Waals surface area contributed by atoms with Crippen LogP contribution in [0.25, 0.3) is 5.69 Å². The zero-order valence-corrected chi connectivity index (χ0v) is 13.0. The second-order valence-corrected chi connectivity index (χ2v) is 5.51. The van der Waals surface area contributed by atoms with E-state index < -0.39 is 23.3 Å². The third-order valence-corrected chi connectivity index (χ3v) is 3.91. The summed E-state index contributed by atoms with van der Waals surface area (Å²) in [6.07, 6.45) is -3.71. The van der Waals surface area contributed by atoms with Gasteiger partial charge in [-0.25, -0.2) is 4.68 Å². The monoisotopic (exact) mass is 339 g/mol. The van der Waals surface area contributed by atoms with Crippen LogP contribution >= 0.6 is 0 Å². The topological polar surface area (TPSA) is 47.4 Å². The van der Waals surface area contributed by atoms with E-state index in [1.807, 2.05) is 0 Å². The average molecular weight is 339 g/mol. The molecular formula is C16H16F3N3O2. The summed E-state index contributed by atoms with van der Waals surface area (Å²) in [6.45, 7) is 2.87. The van der Waals surface area contributed by atoms with Crippen LogP contribution in [-0.2, 0) is 10.9 Å². The third-order valence-electron chi connectivity index (χ3n) is 3.91. The van der Waals surface area contributed by atoms with Gasteiger partial charge >= 0.3 is 6.18 Å². The first-order valence-corrected chi connectivity index (χ1v) is 7.48. The van der Waals surface area contributed by atoms with Crippen molar-refractivity contribution in [1.29, 1.82) is 0 Å². The first-order chi connectivity index (χ1) is 11.4. The molecule has 2 heterocycles. The van der Waals surface area contributed by atoms with Gasteiger partial charge in [-0.2, -0.15) is 18.3 Å². The Bertz CT molecular complexity index is 749. The number of amides is 1. The van der Waals surface area contributed by atoms with Crippen molar-refractivity contribution in [3.8, 4) is 5.69 Å². The lowest BCUT2D eigenvalue weighted by Gasteiger charge is -2.27. The fourth-order valence-electron chi connectivity index (χ4n) is 2.70. The molecule has 8 heteroatoms. The largest absolute Gasteiger partial charge is 0.434 e. The lowest BCUT2D eigenvalue weighted by molar-refractivity contribution is -0.143. The van der Waals surface area contributed by atoms with E-state index in [-0.39, 0.29) is 13.1 Å². The lowest BCUT2D eigenvalue weighted by atomic mass is 10.1. The van der Waals surface area contributed by atoms with Gasteiger partial charge in [0.1, 0.15) is 0 Å². The van der Waals surface area contributed by atoms with E-state index in [9.17, 15) is 18.0 Å². The normalized spacial score (nSPS) is 15.6. The van der Waals surface area contributed by atoms with E-state index in [0.717, 1.165) is 10.9 Å². The number of halogens is 3. The fourth-order valence-corrected chi connectivity index (χ4v) is 2.70. The predicted octanol–water partition coefficient (Wildman–Crippen LogP) is 2.67. The van der Waals surface area contributed by atoms with Gasteiger partial charge in [0.25, 0.3) is 5.91 Å². The molecule has 24 heavy (non-hydrogen) atoms. The second-order valence-electron chi connectivity index (χ2n) is 5.51. The first-order valence-electron chi connectivity index (χ1n) is 7.48. The number of nitrogens with zero attached hydrogens (tertiary/aromatic N) is 3. The molecule has 3 rings (SSSR count). The molecule has 1 aromatic heterocycles. The van der Waals surface area contributed by atoms with Crippen molar-refractivity contribution in [2.45, 2.75) is 13.1 Å². The van der Waals surface area contributed by atoms with Crippen molar-refractivity contribution >= 4 is 5.91 Å². The molecule has 1 amide bonds. The SMILES string of the molecule is Cc1ccccc1-n1ncc(C(=O)N2CCOCC2)c1C(F)(F)F. The highest BCUT2D eigenvalue weighted by Crippen LogP contribution is 2.34. The number of carbonyl (C=O) groups is 1. The molecule has 0 spiro atoms. The molecule has 1 aliphatic heterocycles. The Morgan fingerprint density at radius 3 is 2.50 bits per heavy atom. The summed E-state index contributed by atoms with van der Waals surface area (Å²) >= 11 is 0. The summed E-state index contributed by atoms with van der Waals surface area (Å²) in [5, 5.41) is 3.85. The molecule has 0 unspecified atom stereocenters. The van der Waals surface area contributed by atoms with Crippen molar-refractivity contribution in [2.24, 2.45) is 0 Å². The smallest absolute Gasteiger partial charge is 0.378 e. The minimum atomic E-state index is -4.70.